The van der Waals surface area contributed by atoms with Crippen LogP contribution < -0.4 is 0 Å². The minimum Gasteiger partial charge on any atom is -0.314 e. The maximum absolute atomic E-state index is 4.19. The molecule has 0 radical (unpaired) electrons. The molecule has 1 saturated carbocycles. The molecule has 0 spiro atoms. The molecule has 0 bridgehead atoms. The SMILES string of the molecule is CCCCCCc1nncn1C1CC1. The summed E-state index contributed by atoms with van der Waals surface area (Å²) < 4.78 is 2.27. The van der Waals surface area contributed by atoms with Crippen LogP contribution in [-0.2, 0) is 6.42 Å². The van der Waals surface area contributed by atoms with Crippen LogP contribution in [0.1, 0.15) is 57.3 Å². The van der Waals surface area contributed by atoms with Crippen molar-refractivity contribution in [3.05, 3.63) is 12.2 Å². The van der Waals surface area contributed by atoms with Crippen molar-refractivity contribution in [2.45, 2.75) is 57.9 Å². The van der Waals surface area contributed by atoms with Gasteiger partial charge in [-0.25, -0.2) is 0 Å². The number of nitrogens with zero attached hydrogens (tertiary/aromatic N) is 3. The van der Waals surface area contributed by atoms with Crippen LogP contribution in [-0.4, -0.2) is 14.8 Å². The Balaban J connectivity index is 1.80. The first-order valence-corrected chi connectivity index (χ1v) is 5.80. The minimum atomic E-state index is 0.728. The van der Waals surface area contributed by atoms with Gasteiger partial charge in [0.25, 0.3) is 0 Å². The molecule has 0 amide bonds. The van der Waals surface area contributed by atoms with Crippen molar-refractivity contribution >= 4 is 0 Å². The standard InChI is InChI=1S/C11H19N3/c1-2-3-4-5-6-11-13-12-9-14(11)10-7-8-10/h9-10H,2-8H2,1H3. The Bertz CT molecular complexity index is 276. The summed E-state index contributed by atoms with van der Waals surface area (Å²) in [5, 5.41) is 8.18. The van der Waals surface area contributed by atoms with Crippen molar-refractivity contribution in [3.63, 3.8) is 0 Å². The molecule has 1 aromatic rings. The van der Waals surface area contributed by atoms with Crippen molar-refractivity contribution in [1.29, 1.82) is 0 Å². The highest BCUT2D eigenvalue weighted by Crippen LogP contribution is 2.35. The van der Waals surface area contributed by atoms with Gasteiger partial charge in [-0.3, -0.25) is 0 Å². The second-order valence-electron chi connectivity index (χ2n) is 4.20. The molecule has 0 aromatic carbocycles. The molecule has 1 fully saturated rings. The van der Waals surface area contributed by atoms with Crippen LogP contribution in [0.25, 0.3) is 0 Å². The van der Waals surface area contributed by atoms with E-state index in [-0.39, 0.29) is 0 Å². The lowest BCUT2D eigenvalue weighted by Gasteiger charge is -2.03. The van der Waals surface area contributed by atoms with Crippen LogP contribution in [0.15, 0.2) is 6.33 Å². The first-order chi connectivity index (χ1) is 6.92. The van der Waals surface area contributed by atoms with Crippen LogP contribution in [0.3, 0.4) is 0 Å². The monoisotopic (exact) mass is 193 g/mol. The summed E-state index contributed by atoms with van der Waals surface area (Å²) in [4.78, 5) is 0. The third-order valence-corrected chi connectivity index (χ3v) is 2.84. The van der Waals surface area contributed by atoms with Crippen molar-refractivity contribution < 1.29 is 0 Å². The summed E-state index contributed by atoms with van der Waals surface area (Å²) in [6.45, 7) is 2.24. The lowest BCUT2D eigenvalue weighted by Crippen LogP contribution is -2.00. The van der Waals surface area contributed by atoms with Crippen LogP contribution >= 0.6 is 0 Å². The highest BCUT2D eigenvalue weighted by atomic mass is 15.3. The number of aryl methyl sites for hydroxylation is 1. The topological polar surface area (TPSA) is 30.7 Å². The number of hydrogen-bond donors (Lipinski definition) is 0. The largest absolute Gasteiger partial charge is 0.314 e. The quantitative estimate of drug-likeness (QED) is 0.650. The molecule has 1 aliphatic carbocycles. The van der Waals surface area contributed by atoms with E-state index in [9.17, 15) is 0 Å². The summed E-state index contributed by atoms with van der Waals surface area (Å²) in [7, 11) is 0. The van der Waals surface area contributed by atoms with E-state index < -0.39 is 0 Å². The average molecular weight is 193 g/mol. The Hall–Kier alpha value is -0.860. The number of rotatable bonds is 6. The Morgan fingerprint density at radius 3 is 2.93 bits per heavy atom. The summed E-state index contributed by atoms with van der Waals surface area (Å²) in [5.74, 6) is 1.20. The van der Waals surface area contributed by atoms with E-state index in [4.69, 9.17) is 0 Å². The van der Waals surface area contributed by atoms with Gasteiger partial charge in [-0.2, -0.15) is 0 Å². The first-order valence-electron chi connectivity index (χ1n) is 5.80. The average Bonchev–Trinajstić information content (AvgIpc) is 2.94. The molecule has 78 valence electrons. The zero-order valence-electron chi connectivity index (χ0n) is 8.95. The van der Waals surface area contributed by atoms with E-state index in [1.54, 1.807) is 0 Å². The van der Waals surface area contributed by atoms with Crippen LogP contribution in [0.2, 0.25) is 0 Å². The van der Waals surface area contributed by atoms with Crippen LogP contribution in [0.4, 0.5) is 0 Å². The minimum absolute atomic E-state index is 0.728. The van der Waals surface area contributed by atoms with Gasteiger partial charge in [0.1, 0.15) is 12.2 Å². The van der Waals surface area contributed by atoms with Crippen LogP contribution in [0, 0.1) is 0 Å². The fourth-order valence-electron chi connectivity index (χ4n) is 1.81. The second kappa shape index (κ2) is 4.58. The van der Waals surface area contributed by atoms with Gasteiger partial charge in [-0.15, -0.1) is 10.2 Å². The molecule has 0 aliphatic heterocycles. The van der Waals surface area contributed by atoms with Gasteiger partial charge in [0, 0.05) is 12.5 Å². The molecule has 0 saturated heterocycles. The number of aromatic nitrogens is 3. The van der Waals surface area contributed by atoms with Crippen LogP contribution in [0.5, 0.6) is 0 Å². The van der Waals surface area contributed by atoms with Gasteiger partial charge in [0.05, 0.1) is 0 Å². The lowest BCUT2D eigenvalue weighted by atomic mass is 10.1. The van der Waals surface area contributed by atoms with Crippen molar-refractivity contribution in [2.24, 2.45) is 0 Å². The predicted octanol–water partition coefficient (Wildman–Crippen LogP) is 2.74. The van der Waals surface area contributed by atoms with Gasteiger partial charge in [-0.05, 0) is 19.3 Å². The molecule has 0 N–H and O–H groups in total. The Kier molecular flexibility index (Phi) is 3.17. The first kappa shape index (κ1) is 9.69. The summed E-state index contributed by atoms with van der Waals surface area (Å²) >= 11 is 0. The maximum atomic E-state index is 4.19. The molecule has 0 atom stereocenters. The molecule has 14 heavy (non-hydrogen) atoms. The zero-order chi connectivity index (χ0) is 9.80. The number of hydrogen-bond acceptors (Lipinski definition) is 2. The zero-order valence-corrected chi connectivity index (χ0v) is 8.95. The predicted molar refractivity (Wildman–Crippen MR) is 56.1 cm³/mol. The highest BCUT2D eigenvalue weighted by Gasteiger charge is 2.25. The fourth-order valence-corrected chi connectivity index (χ4v) is 1.81. The van der Waals surface area contributed by atoms with Gasteiger partial charge in [0.2, 0.25) is 0 Å². The maximum Gasteiger partial charge on any atom is 0.133 e. The molecule has 2 rings (SSSR count). The van der Waals surface area contributed by atoms with E-state index in [1.165, 1.54) is 44.3 Å². The molecule has 1 heterocycles. The van der Waals surface area contributed by atoms with E-state index in [0.717, 1.165) is 12.5 Å². The summed E-state index contributed by atoms with van der Waals surface area (Å²) in [5.41, 5.74) is 0. The summed E-state index contributed by atoms with van der Waals surface area (Å²) in [6.07, 6.45) is 10.9. The Labute approximate surface area is 85.5 Å². The van der Waals surface area contributed by atoms with Gasteiger partial charge in [-0.1, -0.05) is 26.2 Å². The highest BCUT2D eigenvalue weighted by molar-refractivity contribution is 4.94. The normalized spacial score (nSPS) is 16.1. The summed E-state index contributed by atoms with van der Waals surface area (Å²) in [6, 6.07) is 0.728. The molecule has 0 unspecified atom stereocenters. The Morgan fingerprint density at radius 1 is 1.36 bits per heavy atom. The smallest absolute Gasteiger partial charge is 0.133 e. The third kappa shape index (κ3) is 2.34. The van der Waals surface area contributed by atoms with E-state index in [2.05, 4.69) is 21.7 Å². The number of unbranched alkanes of at least 4 members (excludes halogenated alkanes) is 3. The molecular formula is C11H19N3. The van der Waals surface area contributed by atoms with Crippen molar-refractivity contribution in [3.8, 4) is 0 Å². The third-order valence-electron chi connectivity index (χ3n) is 2.84. The lowest BCUT2D eigenvalue weighted by molar-refractivity contribution is 0.614. The van der Waals surface area contributed by atoms with Gasteiger partial charge < -0.3 is 4.57 Å². The fraction of sp³-hybridized carbons (Fsp3) is 0.818. The van der Waals surface area contributed by atoms with Crippen molar-refractivity contribution in [1.82, 2.24) is 14.8 Å². The molecule has 3 nitrogen and oxygen atoms in total. The molecule has 1 aromatic heterocycles. The second-order valence-corrected chi connectivity index (χ2v) is 4.20. The van der Waals surface area contributed by atoms with Crippen molar-refractivity contribution in [2.75, 3.05) is 0 Å². The van der Waals surface area contributed by atoms with E-state index >= 15 is 0 Å². The molecule has 3 heteroatoms. The van der Waals surface area contributed by atoms with E-state index in [1.807, 2.05) is 6.33 Å². The molecule has 1 aliphatic rings. The van der Waals surface area contributed by atoms with Gasteiger partial charge in [0.15, 0.2) is 0 Å². The van der Waals surface area contributed by atoms with Gasteiger partial charge >= 0.3 is 0 Å². The molecular weight excluding hydrogens is 174 g/mol. The Morgan fingerprint density at radius 2 is 2.21 bits per heavy atom. The van der Waals surface area contributed by atoms with E-state index in [0.29, 0.717) is 0 Å².